The van der Waals surface area contributed by atoms with E-state index in [9.17, 15) is 4.79 Å². The number of aromatic nitrogens is 3. The minimum atomic E-state index is 0.00787. The molecule has 130 valence electrons. The van der Waals surface area contributed by atoms with E-state index < -0.39 is 0 Å². The zero-order valence-corrected chi connectivity index (χ0v) is 14.8. The van der Waals surface area contributed by atoms with E-state index in [0.717, 1.165) is 6.42 Å². The molecule has 1 amide bonds. The van der Waals surface area contributed by atoms with Crippen molar-refractivity contribution in [2.75, 3.05) is 11.6 Å². The Labute approximate surface area is 145 Å². The largest absolute Gasteiger partial charge is 0.461 e. The first-order valence-electron chi connectivity index (χ1n) is 8.22. The van der Waals surface area contributed by atoms with Gasteiger partial charge in [0.25, 0.3) is 0 Å². The summed E-state index contributed by atoms with van der Waals surface area (Å²) in [6.07, 6.45) is 5.02. The van der Waals surface area contributed by atoms with Crippen LogP contribution in [-0.4, -0.2) is 32.6 Å². The molecule has 0 aromatic carbocycles. The predicted molar refractivity (Wildman–Crippen MR) is 92.7 cm³/mol. The third-order valence-corrected chi connectivity index (χ3v) is 5.73. The van der Waals surface area contributed by atoms with Crippen molar-refractivity contribution in [1.29, 1.82) is 0 Å². The fraction of sp³-hybridized carbons (Fsp3) is 0.562. The van der Waals surface area contributed by atoms with Crippen LogP contribution in [0, 0.1) is 11.8 Å². The molecule has 2 heterocycles. The molecule has 8 heteroatoms. The van der Waals surface area contributed by atoms with Gasteiger partial charge in [0.05, 0.1) is 12.0 Å². The highest BCUT2D eigenvalue weighted by molar-refractivity contribution is 7.99. The van der Waals surface area contributed by atoms with Crippen molar-refractivity contribution in [3.8, 4) is 11.6 Å². The minimum Gasteiger partial charge on any atom is -0.461 e. The Bertz CT molecular complexity index is 685. The lowest BCUT2D eigenvalue weighted by Gasteiger charge is -2.34. The first-order chi connectivity index (χ1) is 11.6. The number of amides is 1. The molecule has 3 N–H and O–H groups in total. The fourth-order valence-corrected chi connectivity index (χ4v) is 3.78. The average Bonchev–Trinajstić information content (AvgIpc) is 3.19. The van der Waals surface area contributed by atoms with E-state index in [1.807, 2.05) is 0 Å². The Balaban J connectivity index is 1.55. The molecule has 2 aromatic heterocycles. The SMILES string of the molecule is CC1CCCC(NC(=O)CSc2nnc(-c3ccco3)n2N)C1C. The van der Waals surface area contributed by atoms with Gasteiger partial charge in [-0.05, 0) is 30.4 Å². The van der Waals surface area contributed by atoms with Crippen LogP contribution in [0.15, 0.2) is 28.0 Å². The number of hydrogen-bond donors (Lipinski definition) is 2. The van der Waals surface area contributed by atoms with Gasteiger partial charge >= 0.3 is 0 Å². The maximum atomic E-state index is 12.2. The Hall–Kier alpha value is -1.96. The third-order valence-electron chi connectivity index (χ3n) is 4.79. The minimum absolute atomic E-state index is 0.00787. The molecule has 1 aliphatic carbocycles. The van der Waals surface area contributed by atoms with Crippen molar-refractivity contribution in [2.24, 2.45) is 11.8 Å². The molecule has 0 spiro atoms. The van der Waals surface area contributed by atoms with E-state index in [1.54, 1.807) is 18.4 Å². The molecule has 1 saturated carbocycles. The van der Waals surface area contributed by atoms with E-state index in [2.05, 4.69) is 29.4 Å². The van der Waals surface area contributed by atoms with Crippen molar-refractivity contribution in [3.05, 3.63) is 18.4 Å². The third kappa shape index (κ3) is 3.58. The molecule has 1 fully saturated rings. The van der Waals surface area contributed by atoms with Crippen LogP contribution in [0.3, 0.4) is 0 Å². The number of nitrogens with one attached hydrogen (secondary N) is 1. The second-order valence-corrected chi connectivity index (χ2v) is 7.33. The quantitative estimate of drug-likeness (QED) is 0.635. The molecular formula is C16H23N5O2S. The first-order valence-corrected chi connectivity index (χ1v) is 9.21. The highest BCUT2D eigenvalue weighted by Gasteiger charge is 2.28. The summed E-state index contributed by atoms with van der Waals surface area (Å²) < 4.78 is 6.62. The summed E-state index contributed by atoms with van der Waals surface area (Å²) in [6.45, 7) is 4.47. The summed E-state index contributed by atoms with van der Waals surface area (Å²) in [4.78, 5) is 12.2. The topological polar surface area (TPSA) is 99.0 Å². The number of nitrogens with zero attached hydrogens (tertiary/aromatic N) is 3. The first kappa shape index (κ1) is 16.9. The monoisotopic (exact) mass is 349 g/mol. The Morgan fingerprint density at radius 1 is 1.46 bits per heavy atom. The summed E-state index contributed by atoms with van der Waals surface area (Å²) >= 11 is 1.27. The maximum Gasteiger partial charge on any atom is 0.230 e. The zero-order valence-electron chi connectivity index (χ0n) is 13.9. The van der Waals surface area contributed by atoms with E-state index in [-0.39, 0.29) is 17.7 Å². The highest BCUT2D eigenvalue weighted by atomic mass is 32.2. The van der Waals surface area contributed by atoms with Crippen molar-refractivity contribution >= 4 is 17.7 Å². The average molecular weight is 349 g/mol. The number of hydrogen-bond acceptors (Lipinski definition) is 6. The van der Waals surface area contributed by atoms with Gasteiger partial charge in [-0.3, -0.25) is 4.79 Å². The van der Waals surface area contributed by atoms with Gasteiger partial charge in [-0.1, -0.05) is 38.5 Å². The van der Waals surface area contributed by atoms with E-state index >= 15 is 0 Å². The molecule has 24 heavy (non-hydrogen) atoms. The molecular weight excluding hydrogens is 326 g/mol. The summed E-state index contributed by atoms with van der Waals surface area (Å²) in [5.41, 5.74) is 0. The molecule has 1 aliphatic rings. The molecule has 0 aliphatic heterocycles. The van der Waals surface area contributed by atoms with Crippen LogP contribution in [-0.2, 0) is 4.79 Å². The van der Waals surface area contributed by atoms with Gasteiger partial charge in [-0.25, -0.2) is 4.68 Å². The van der Waals surface area contributed by atoms with Crippen LogP contribution in [0.4, 0.5) is 0 Å². The van der Waals surface area contributed by atoms with Crippen LogP contribution in [0.25, 0.3) is 11.6 Å². The number of thioether (sulfide) groups is 1. The molecule has 7 nitrogen and oxygen atoms in total. The van der Waals surface area contributed by atoms with Gasteiger partial charge in [0.1, 0.15) is 0 Å². The number of nitrogen functional groups attached to an aromatic ring is 1. The maximum absolute atomic E-state index is 12.2. The number of nitrogens with two attached hydrogens (primary N) is 1. The van der Waals surface area contributed by atoms with E-state index in [1.165, 1.54) is 29.3 Å². The summed E-state index contributed by atoms with van der Waals surface area (Å²) in [7, 11) is 0. The zero-order chi connectivity index (χ0) is 17.1. The van der Waals surface area contributed by atoms with Gasteiger partial charge in [0.15, 0.2) is 5.76 Å². The number of carbonyl (C=O) groups excluding carboxylic acids is 1. The summed E-state index contributed by atoms with van der Waals surface area (Å²) in [5, 5.41) is 11.7. The molecule has 3 atom stereocenters. The van der Waals surface area contributed by atoms with Crippen LogP contribution in [0.5, 0.6) is 0 Å². The lowest BCUT2D eigenvalue weighted by molar-refractivity contribution is -0.120. The molecule has 3 rings (SSSR count). The highest BCUT2D eigenvalue weighted by Crippen LogP contribution is 2.29. The Morgan fingerprint density at radius 3 is 3.04 bits per heavy atom. The van der Waals surface area contributed by atoms with Crippen LogP contribution < -0.4 is 11.2 Å². The fourth-order valence-electron chi connectivity index (χ4n) is 3.11. The van der Waals surface area contributed by atoms with Crippen LogP contribution >= 0.6 is 11.8 Å². The normalized spacial score (nSPS) is 24.0. The van der Waals surface area contributed by atoms with Crippen LogP contribution in [0.2, 0.25) is 0 Å². The Kier molecular flexibility index (Phi) is 5.13. The molecule has 0 radical (unpaired) electrons. The second kappa shape index (κ2) is 7.29. The Morgan fingerprint density at radius 2 is 2.29 bits per heavy atom. The van der Waals surface area contributed by atoms with Gasteiger partial charge in [0.2, 0.25) is 16.9 Å². The van der Waals surface area contributed by atoms with Gasteiger partial charge < -0.3 is 15.6 Å². The van der Waals surface area contributed by atoms with Crippen molar-refractivity contribution in [3.63, 3.8) is 0 Å². The predicted octanol–water partition coefficient (Wildman–Crippen LogP) is 2.28. The van der Waals surface area contributed by atoms with Gasteiger partial charge in [0, 0.05) is 6.04 Å². The van der Waals surface area contributed by atoms with Crippen molar-refractivity contribution in [2.45, 2.75) is 44.3 Å². The lowest BCUT2D eigenvalue weighted by Crippen LogP contribution is -2.44. The standard InChI is InChI=1S/C16H23N5O2S/c1-10-5-3-6-12(11(10)2)18-14(22)9-24-16-20-19-15(21(16)17)13-7-4-8-23-13/h4,7-8,10-12H,3,5-6,9,17H2,1-2H3,(H,18,22). The molecule has 0 saturated heterocycles. The van der Waals surface area contributed by atoms with Crippen molar-refractivity contribution < 1.29 is 9.21 Å². The van der Waals surface area contributed by atoms with Gasteiger partial charge in [-0.2, -0.15) is 0 Å². The van der Waals surface area contributed by atoms with Crippen molar-refractivity contribution in [1.82, 2.24) is 20.2 Å². The number of furan rings is 1. The summed E-state index contributed by atoms with van der Waals surface area (Å²) in [6, 6.07) is 3.79. The molecule has 3 unspecified atom stereocenters. The van der Waals surface area contributed by atoms with Gasteiger partial charge in [-0.15, -0.1) is 10.2 Å². The molecule has 2 aromatic rings. The number of carbonyl (C=O) groups is 1. The van der Waals surface area contributed by atoms with E-state index in [4.69, 9.17) is 10.3 Å². The molecule has 0 bridgehead atoms. The summed E-state index contributed by atoms with van der Waals surface area (Å²) in [5.74, 6) is 8.41. The second-order valence-electron chi connectivity index (χ2n) is 6.38. The van der Waals surface area contributed by atoms with Crippen LogP contribution in [0.1, 0.15) is 33.1 Å². The van der Waals surface area contributed by atoms with E-state index in [0.29, 0.717) is 28.6 Å². The lowest BCUT2D eigenvalue weighted by atomic mass is 9.78. The smallest absolute Gasteiger partial charge is 0.230 e. The number of rotatable bonds is 5.